The van der Waals surface area contributed by atoms with Crippen molar-refractivity contribution in [2.24, 2.45) is 7.05 Å². The van der Waals surface area contributed by atoms with Gasteiger partial charge < -0.3 is 9.47 Å². The highest BCUT2D eigenvalue weighted by atomic mass is 16.6. The maximum absolute atomic E-state index is 6.18. The van der Waals surface area contributed by atoms with Gasteiger partial charge >= 0.3 is 0 Å². The third-order valence-corrected chi connectivity index (χ3v) is 4.97. The van der Waals surface area contributed by atoms with Gasteiger partial charge in [-0.3, -0.25) is 14.6 Å². The topological polar surface area (TPSA) is 52.4 Å². The predicted octanol–water partition coefficient (Wildman–Crippen LogP) is 1.77. The molecule has 0 bridgehead atoms. The molecule has 2 saturated heterocycles. The highest BCUT2D eigenvalue weighted by Gasteiger charge is 2.45. The molecular formula is C18H24N4O2. The van der Waals surface area contributed by atoms with E-state index in [-0.39, 0.29) is 11.7 Å². The lowest BCUT2D eigenvalue weighted by atomic mass is 9.98. The first-order chi connectivity index (χ1) is 11.7. The lowest BCUT2D eigenvalue weighted by Gasteiger charge is -2.23. The standard InChI is InChI=1S/C18H24N4O2/c1-21-10-16(9-20-21)11-22-7-4-18(14-22)8-17(13-24-18)23-12-15-2-5-19-6-3-15/h2-3,5-6,9-10,17H,4,7-8,11-14H2,1H3/t17-,18-/m0/s1. The molecule has 2 aliphatic rings. The number of pyridine rings is 1. The molecule has 6 heteroatoms. The van der Waals surface area contributed by atoms with Crippen LogP contribution in [0.15, 0.2) is 36.9 Å². The van der Waals surface area contributed by atoms with Gasteiger partial charge in [0.05, 0.1) is 31.1 Å². The van der Waals surface area contributed by atoms with Crippen molar-refractivity contribution in [1.82, 2.24) is 19.7 Å². The summed E-state index contributed by atoms with van der Waals surface area (Å²) in [6.45, 7) is 4.34. The summed E-state index contributed by atoms with van der Waals surface area (Å²) in [5, 5.41) is 4.25. The number of nitrogens with zero attached hydrogens (tertiary/aromatic N) is 4. The molecule has 2 fully saturated rings. The highest BCUT2D eigenvalue weighted by Crippen LogP contribution is 2.36. The van der Waals surface area contributed by atoms with Crippen LogP contribution in [0.25, 0.3) is 0 Å². The van der Waals surface area contributed by atoms with Crippen LogP contribution < -0.4 is 0 Å². The summed E-state index contributed by atoms with van der Waals surface area (Å²) in [6.07, 6.45) is 9.90. The van der Waals surface area contributed by atoms with Crippen LogP contribution in [0.3, 0.4) is 0 Å². The van der Waals surface area contributed by atoms with Crippen LogP contribution >= 0.6 is 0 Å². The molecule has 6 nitrogen and oxygen atoms in total. The Morgan fingerprint density at radius 2 is 2.21 bits per heavy atom. The van der Waals surface area contributed by atoms with Crippen molar-refractivity contribution in [3.8, 4) is 0 Å². The number of likely N-dealkylation sites (tertiary alicyclic amines) is 1. The molecule has 24 heavy (non-hydrogen) atoms. The molecule has 2 atom stereocenters. The maximum Gasteiger partial charge on any atom is 0.0847 e. The van der Waals surface area contributed by atoms with Crippen molar-refractivity contribution in [2.45, 2.75) is 37.7 Å². The molecule has 4 rings (SSSR count). The van der Waals surface area contributed by atoms with Gasteiger partial charge in [0.2, 0.25) is 0 Å². The molecule has 0 amide bonds. The summed E-state index contributed by atoms with van der Waals surface area (Å²) < 4.78 is 14.1. The Balaban J connectivity index is 1.28. The van der Waals surface area contributed by atoms with Crippen LogP contribution in [0.2, 0.25) is 0 Å². The van der Waals surface area contributed by atoms with Gasteiger partial charge in [-0.1, -0.05) is 0 Å². The molecule has 0 radical (unpaired) electrons. The van der Waals surface area contributed by atoms with Gasteiger partial charge in [-0.05, 0) is 24.1 Å². The minimum atomic E-state index is -0.0227. The Bertz CT molecular complexity index is 675. The summed E-state index contributed by atoms with van der Waals surface area (Å²) in [5.74, 6) is 0. The largest absolute Gasteiger partial charge is 0.371 e. The number of aromatic nitrogens is 3. The van der Waals surface area contributed by atoms with Crippen molar-refractivity contribution >= 4 is 0 Å². The zero-order chi connectivity index (χ0) is 16.4. The molecule has 0 saturated carbocycles. The van der Waals surface area contributed by atoms with E-state index >= 15 is 0 Å². The van der Waals surface area contributed by atoms with E-state index in [0.717, 1.165) is 38.0 Å². The van der Waals surface area contributed by atoms with E-state index in [1.165, 1.54) is 5.56 Å². The SMILES string of the molecule is Cn1cc(CN2CC[C@]3(C[C@H](OCc4ccncc4)CO3)C2)cn1. The van der Waals surface area contributed by atoms with Crippen LogP contribution in [0, 0.1) is 0 Å². The van der Waals surface area contributed by atoms with Gasteiger partial charge in [-0.25, -0.2) is 0 Å². The predicted molar refractivity (Wildman–Crippen MR) is 89.2 cm³/mol. The Morgan fingerprint density at radius 1 is 1.33 bits per heavy atom. The van der Waals surface area contributed by atoms with Crippen molar-refractivity contribution in [3.05, 3.63) is 48.0 Å². The number of aryl methyl sites for hydroxylation is 1. The van der Waals surface area contributed by atoms with Gasteiger partial charge in [0.15, 0.2) is 0 Å². The molecular weight excluding hydrogens is 304 g/mol. The van der Waals surface area contributed by atoms with E-state index in [4.69, 9.17) is 9.47 Å². The van der Waals surface area contributed by atoms with Gasteiger partial charge in [0.1, 0.15) is 0 Å². The fourth-order valence-electron chi connectivity index (χ4n) is 3.76. The summed E-state index contributed by atoms with van der Waals surface area (Å²) in [7, 11) is 1.96. The second-order valence-corrected chi connectivity index (χ2v) is 6.97. The second kappa shape index (κ2) is 6.63. The lowest BCUT2D eigenvalue weighted by Crippen LogP contribution is -2.32. The monoisotopic (exact) mass is 328 g/mol. The first kappa shape index (κ1) is 15.7. The first-order valence-corrected chi connectivity index (χ1v) is 8.55. The molecule has 2 aromatic rings. The zero-order valence-electron chi connectivity index (χ0n) is 14.1. The van der Waals surface area contributed by atoms with Crippen molar-refractivity contribution in [2.75, 3.05) is 19.7 Å². The molecule has 1 spiro atoms. The van der Waals surface area contributed by atoms with Crippen molar-refractivity contribution < 1.29 is 9.47 Å². The van der Waals surface area contributed by atoms with E-state index in [1.807, 2.05) is 30.1 Å². The van der Waals surface area contributed by atoms with E-state index in [0.29, 0.717) is 13.2 Å². The Morgan fingerprint density at radius 3 is 3.00 bits per heavy atom. The van der Waals surface area contributed by atoms with Crippen LogP contribution in [0.4, 0.5) is 0 Å². The normalized spacial score (nSPS) is 27.3. The smallest absolute Gasteiger partial charge is 0.0847 e. The van der Waals surface area contributed by atoms with Gasteiger partial charge in [0, 0.05) is 57.3 Å². The van der Waals surface area contributed by atoms with Crippen molar-refractivity contribution in [1.29, 1.82) is 0 Å². The minimum absolute atomic E-state index is 0.0227. The van der Waals surface area contributed by atoms with Crippen molar-refractivity contribution in [3.63, 3.8) is 0 Å². The Hall–Kier alpha value is -1.76. The average Bonchev–Trinajstić information content (AvgIpc) is 3.29. The molecule has 128 valence electrons. The first-order valence-electron chi connectivity index (χ1n) is 8.55. The van der Waals surface area contributed by atoms with E-state index in [1.54, 1.807) is 12.4 Å². The maximum atomic E-state index is 6.18. The Labute approximate surface area is 142 Å². The van der Waals surface area contributed by atoms with Crippen LogP contribution in [0.1, 0.15) is 24.0 Å². The average molecular weight is 328 g/mol. The quantitative estimate of drug-likeness (QED) is 0.837. The van der Waals surface area contributed by atoms with Gasteiger partial charge in [-0.2, -0.15) is 5.10 Å². The minimum Gasteiger partial charge on any atom is -0.371 e. The number of hydrogen-bond acceptors (Lipinski definition) is 5. The number of ether oxygens (including phenoxy) is 2. The summed E-state index contributed by atoms with van der Waals surface area (Å²) in [4.78, 5) is 6.50. The van der Waals surface area contributed by atoms with Gasteiger partial charge in [0.25, 0.3) is 0 Å². The molecule has 0 aliphatic carbocycles. The third-order valence-electron chi connectivity index (χ3n) is 4.97. The van der Waals surface area contributed by atoms with E-state index in [9.17, 15) is 0 Å². The van der Waals surface area contributed by atoms with Crippen LogP contribution in [-0.4, -0.2) is 51.1 Å². The second-order valence-electron chi connectivity index (χ2n) is 6.97. The fraction of sp³-hybridized carbons (Fsp3) is 0.556. The molecule has 2 aliphatic heterocycles. The number of hydrogen-bond donors (Lipinski definition) is 0. The summed E-state index contributed by atoms with van der Waals surface area (Å²) in [6, 6.07) is 3.99. The molecule has 2 aromatic heterocycles. The number of rotatable bonds is 5. The molecule has 4 heterocycles. The summed E-state index contributed by atoms with van der Waals surface area (Å²) >= 11 is 0. The molecule has 0 N–H and O–H groups in total. The van der Waals surface area contributed by atoms with Crippen LogP contribution in [-0.2, 0) is 29.7 Å². The lowest BCUT2D eigenvalue weighted by molar-refractivity contribution is -0.000430. The van der Waals surface area contributed by atoms with E-state index < -0.39 is 0 Å². The van der Waals surface area contributed by atoms with Crippen LogP contribution in [0.5, 0.6) is 0 Å². The van der Waals surface area contributed by atoms with Gasteiger partial charge in [-0.15, -0.1) is 0 Å². The summed E-state index contributed by atoms with van der Waals surface area (Å²) in [5.41, 5.74) is 2.40. The molecule has 0 aromatic carbocycles. The van der Waals surface area contributed by atoms with E-state index in [2.05, 4.69) is 21.2 Å². The highest BCUT2D eigenvalue weighted by molar-refractivity contribution is 5.09. The fourth-order valence-corrected chi connectivity index (χ4v) is 3.76. The molecule has 0 unspecified atom stereocenters. The Kier molecular flexibility index (Phi) is 4.35. The zero-order valence-corrected chi connectivity index (χ0v) is 14.1. The third kappa shape index (κ3) is 3.50.